The fourth-order valence-corrected chi connectivity index (χ4v) is 5.43. The van der Waals surface area contributed by atoms with Gasteiger partial charge in [-0.25, -0.2) is 19.4 Å². The molecule has 15 nitrogen and oxygen atoms in total. The van der Waals surface area contributed by atoms with Crippen LogP contribution >= 0.6 is 0 Å². The smallest absolute Gasteiger partial charge is 0.326 e. The number of rotatable bonds is 10. The van der Waals surface area contributed by atoms with Crippen LogP contribution in [-0.2, 0) is 27.1 Å². The van der Waals surface area contributed by atoms with Gasteiger partial charge in [0.25, 0.3) is 5.91 Å². The van der Waals surface area contributed by atoms with Crippen LogP contribution in [0.2, 0.25) is 0 Å². The van der Waals surface area contributed by atoms with Crippen molar-refractivity contribution in [2.75, 3.05) is 57.9 Å². The van der Waals surface area contributed by atoms with Crippen LogP contribution in [0.1, 0.15) is 34.0 Å². The topological polar surface area (TPSA) is 214 Å². The Hall–Kier alpha value is -5.67. The zero-order chi connectivity index (χ0) is 37.5. The average molecular weight is 717 g/mol. The summed E-state index contributed by atoms with van der Waals surface area (Å²) in [5.41, 5.74) is 15.3. The molecule has 15 heteroatoms. The van der Waals surface area contributed by atoms with Gasteiger partial charge in [-0.05, 0) is 61.7 Å². The fourth-order valence-electron chi connectivity index (χ4n) is 5.43. The largest absolute Gasteiger partial charge is 0.480 e. The van der Waals surface area contributed by atoms with Gasteiger partial charge in [0.05, 0.1) is 32.1 Å². The Labute approximate surface area is 303 Å². The Bertz CT molecular complexity index is 1670. The van der Waals surface area contributed by atoms with E-state index >= 15 is 0 Å². The summed E-state index contributed by atoms with van der Waals surface area (Å²) >= 11 is 0. The molecule has 0 aromatic heterocycles. The highest BCUT2D eigenvalue weighted by Gasteiger charge is 2.25. The van der Waals surface area contributed by atoms with Crippen molar-refractivity contribution in [3.8, 4) is 0 Å². The van der Waals surface area contributed by atoms with Crippen LogP contribution in [-0.4, -0.2) is 109 Å². The van der Waals surface area contributed by atoms with Gasteiger partial charge in [0, 0.05) is 49.9 Å². The lowest BCUT2D eigenvalue weighted by Crippen LogP contribution is -2.51. The first-order valence-corrected chi connectivity index (χ1v) is 17.1. The number of hydrogen-bond acceptors (Lipinski definition) is 7. The number of carbonyl (C=O) groups excluding carboxylic acids is 3. The van der Waals surface area contributed by atoms with E-state index < -0.39 is 18.0 Å². The van der Waals surface area contributed by atoms with Crippen molar-refractivity contribution in [3.05, 3.63) is 95.1 Å². The Balaban J connectivity index is 0.000000269. The van der Waals surface area contributed by atoms with Crippen LogP contribution in [0.5, 0.6) is 0 Å². The zero-order valence-electron chi connectivity index (χ0n) is 29.5. The number of nitrogens with one attached hydrogen (secondary N) is 3. The summed E-state index contributed by atoms with van der Waals surface area (Å²) in [7, 11) is 0. The lowest BCUT2D eigenvalue weighted by molar-refractivity contribution is -0.139. The van der Waals surface area contributed by atoms with E-state index in [1.807, 2.05) is 11.8 Å². The van der Waals surface area contributed by atoms with Crippen molar-refractivity contribution in [1.82, 2.24) is 20.4 Å². The molecule has 2 aliphatic heterocycles. The highest BCUT2D eigenvalue weighted by molar-refractivity contribution is 6.04. The van der Waals surface area contributed by atoms with Gasteiger partial charge in [0.2, 0.25) is 0 Å². The van der Waals surface area contributed by atoms with E-state index in [0.29, 0.717) is 75.1 Å². The summed E-state index contributed by atoms with van der Waals surface area (Å²) in [4.78, 5) is 55.8. The van der Waals surface area contributed by atoms with Crippen LogP contribution in [0.4, 0.5) is 21.0 Å². The SMILES string of the molecule is Cc1ccc(CC(C)NC(=O)N2CCOCC2)cc1.NC(N)=Nc1cccc(C(=O)Nc2ccc(CC(NC(=O)N3CCOCC3)C(=O)O)cc2)c1. The standard InChI is InChI=1S/C22H26N6O5.C15H22N2O2/c23-21(24)26-17-3-1-2-15(13-17)19(29)25-16-6-4-14(5-7-16)12-18(20(30)31)27-22(32)28-8-10-33-11-9-28;1-12-3-5-14(6-4-12)11-13(2)16-15(18)17-7-9-19-10-8-17/h1-7,13,18H,8-12H2,(H,25,29)(H,27,32)(H,30,31)(H4,23,24,26);3-6,13H,7-11H2,1-2H3,(H,16,18). The van der Waals surface area contributed by atoms with Crippen LogP contribution in [0.25, 0.3) is 0 Å². The first kappa shape index (κ1) is 39.1. The highest BCUT2D eigenvalue weighted by Crippen LogP contribution is 2.17. The number of nitrogens with zero attached hydrogens (tertiary/aromatic N) is 3. The first-order valence-electron chi connectivity index (χ1n) is 17.1. The molecule has 2 saturated heterocycles. The van der Waals surface area contributed by atoms with E-state index in [-0.39, 0.29) is 30.4 Å². The van der Waals surface area contributed by atoms with Crippen molar-refractivity contribution >= 4 is 41.3 Å². The minimum Gasteiger partial charge on any atom is -0.480 e. The van der Waals surface area contributed by atoms with Crippen molar-refractivity contribution in [3.63, 3.8) is 0 Å². The molecular weight excluding hydrogens is 668 g/mol. The number of benzene rings is 3. The molecule has 0 aliphatic carbocycles. The molecule has 0 spiro atoms. The first-order chi connectivity index (χ1) is 25.0. The van der Waals surface area contributed by atoms with Crippen LogP contribution in [0.3, 0.4) is 0 Å². The minimum atomic E-state index is -1.13. The predicted molar refractivity (Wildman–Crippen MR) is 198 cm³/mol. The van der Waals surface area contributed by atoms with E-state index in [2.05, 4.69) is 52.1 Å². The summed E-state index contributed by atoms with van der Waals surface area (Å²) in [6.45, 7) is 8.45. The number of aliphatic imine (C=N–C) groups is 1. The lowest BCUT2D eigenvalue weighted by Gasteiger charge is -2.28. The number of hydrogen-bond donors (Lipinski definition) is 6. The lowest BCUT2D eigenvalue weighted by atomic mass is 10.1. The number of nitrogens with two attached hydrogens (primary N) is 2. The number of aliphatic carboxylic acids is 1. The van der Waals surface area contributed by atoms with Gasteiger partial charge in [0.1, 0.15) is 6.04 Å². The van der Waals surface area contributed by atoms with E-state index in [1.54, 1.807) is 48.5 Å². The number of carboxylic acids is 1. The quantitative estimate of drug-likeness (QED) is 0.134. The molecule has 2 fully saturated rings. The maximum Gasteiger partial charge on any atom is 0.326 e. The van der Waals surface area contributed by atoms with Crippen LogP contribution < -0.4 is 27.4 Å². The number of morpholine rings is 2. The third-order valence-corrected chi connectivity index (χ3v) is 8.24. The average Bonchev–Trinajstić information content (AvgIpc) is 3.13. The number of guanidine groups is 1. The molecule has 2 heterocycles. The molecule has 3 aromatic rings. The summed E-state index contributed by atoms with van der Waals surface area (Å²) in [6.07, 6.45) is 0.955. The van der Waals surface area contributed by atoms with Gasteiger partial charge in [0.15, 0.2) is 5.96 Å². The van der Waals surface area contributed by atoms with Crippen molar-refractivity contribution in [2.24, 2.45) is 16.5 Å². The number of amides is 5. The second-order valence-electron chi connectivity index (χ2n) is 12.5. The molecule has 52 heavy (non-hydrogen) atoms. The molecule has 0 radical (unpaired) electrons. The molecule has 2 atom stereocenters. The van der Waals surface area contributed by atoms with E-state index in [9.17, 15) is 24.3 Å². The Morgan fingerprint density at radius 3 is 1.88 bits per heavy atom. The number of urea groups is 2. The molecular formula is C37H48N8O7. The number of anilines is 1. The molecule has 2 unspecified atom stereocenters. The Kier molecular flexibility index (Phi) is 14.8. The predicted octanol–water partition coefficient (Wildman–Crippen LogP) is 2.85. The maximum atomic E-state index is 12.5. The van der Waals surface area contributed by atoms with Gasteiger partial charge < -0.3 is 51.8 Å². The second kappa shape index (κ2) is 19.7. The number of carboxylic acid groups (broad SMARTS) is 1. The van der Waals surface area contributed by atoms with E-state index in [1.165, 1.54) is 16.0 Å². The molecule has 2 aliphatic rings. The number of aryl methyl sites for hydroxylation is 1. The third-order valence-electron chi connectivity index (χ3n) is 8.24. The molecule has 278 valence electrons. The van der Waals surface area contributed by atoms with Gasteiger partial charge in [-0.3, -0.25) is 4.79 Å². The number of ether oxygens (including phenoxy) is 2. The molecule has 5 rings (SSSR count). The molecule has 5 amide bonds. The number of carbonyl (C=O) groups is 4. The van der Waals surface area contributed by atoms with Gasteiger partial charge >= 0.3 is 18.0 Å². The van der Waals surface area contributed by atoms with Gasteiger partial charge in [-0.1, -0.05) is 48.0 Å². The van der Waals surface area contributed by atoms with Crippen LogP contribution in [0.15, 0.2) is 77.8 Å². The van der Waals surface area contributed by atoms with Crippen molar-refractivity contribution in [1.29, 1.82) is 0 Å². The summed E-state index contributed by atoms with van der Waals surface area (Å²) in [6, 6.07) is 20.3. The normalized spacial score (nSPS) is 15.2. The fraction of sp³-hybridized carbons (Fsp3) is 0.378. The third kappa shape index (κ3) is 12.9. The molecule has 0 bridgehead atoms. The van der Waals surface area contributed by atoms with Gasteiger partial charge in [-0.15, -0.1) is 0 Å². The van der Waals surface area contributed by atoms with Crippen molar-refractivity contribution < 1.29 is 33.8 Å². The van der Waals surface area contributed by atoms with Crippen LogP contribution in [0, 0.1) is 6.92 Å². The zero-order valence-corrected chi connectivity index (χ0v) is 29.5. The minimum absolute atomic E-state index is 0.0166. The molecule has 8 N–H and O–H groups in total. The van der Waals surface area contributed by atoms with E-state index in [4.69, 9.17) is 20.9 Å². The van der Waals surface area contributed by atoms with E-state index in [0.717, 1.165) is 6.42 Å². The monoisotopic (exact) mass is 716 g/mol. The summed E-state index contributed by atoms with van der Waals surface area (Å²) in [5, 5.41) is 17.9. The maximum absolute atomic E-state index is 12.5. The molecule has 0 saturated carbocycles. The Morgan fingerprint density at radius 2 is 1.33 bits per heavy atom. The summed E-state index contributed by atoms with van der Waals surface area (Å²) in [5.74, 6) is -1.59. The van der Waals surface area contributed by atoms with Gasteiger partial charge in [-0.2, -0.15) is 0 Å². The highest BCUT2D eigenvalue weighted by atomic mass is 16.5. The molecule has 3 aromatic carbocycles. The second-order valence-corrected chi connectivity index (χ2v) is 12.5. The Morgan fingerprint density at radius 1 is 0.788 bits per heavy atom. The van der Waals surface area contributed by atoms with Crippen molar-refractivity contribution in [2.45, 2.75) is 38.8 Å². The summed E-state index contributed by atoms with van der Waals surface area (Å²) < 4.78 is 10.4.